The number of aromatic hydroxyl groups is 1. The minimum absolute atomic E-state index is 0.299. The van der Waals surface area contributed by atoms with Gasteiger partial charge in [0.2, 0.25) is 0 Å². The van der Waals surface area contributed by atoms with Crippen molar-refractivity contribution in [2.75, 3.05) is 0 Å². The van der Waals surface area contributed by atoms with Crippen LogP contribution >= 0.6 is 15.9 Å². The molecule has 1 aromatic carbocycles. The third-order valence-electron chi connectivity index (χ3n) is 1.77. The molecule has 0 amide bonds. The number of hydrogen-bond acceptors (Lipinski definition) is 1. The highest BCUT2D eigenvalue weighted by molar-refractivity contribution is 9.10. The van der Waals surface area contributed by atoms with Gasteiger partial charge in [-0.3, -0.25) is 0 Å². The number of rotatable bonds is 1. The van der Waals surface area contributed by atoms with Crippen LogP contribution in [-0.2, 0) is 0 Å². The van der Waals surface area contributed by atoms with E-state index in [1.54, 1.807) is 13.0 Å². The number of phenolic OH excluding ortho intramolecular Hbond substituents is 1. The standard InChI is InChI=1S/C10H8BrFO/c1-3-6(2)8-4-7(11)5-9(12)10(8)13/h1,4-6,13H,2H3. The molecule has 1 nitrogen and oxygen atoms in total. The van der Waals surface area contributed by atoms with E-state index < -0.39 is 5.82 Å². The lowest BCUT2D eigenvalue weighted by molar-refractivity contribution is 0.424. The Morgan fingerprint density at radius 3 is 2.77 bits per heavy atom. The smallest absolute Gasteiger partial charge is 0.166 e. The molecule has 1 unspecified atom stereocenters. The topological polar surface area (TPSA) is 20.2 Å². The highest BCUT2D eigenvalue weighted by Gasteiger charge is 2.12. The number of phenols is 1. The average Bonchev–Trinajstić information content (AvgIpc) is 2.10. The minimum Gasteiger partial charge on any atom is -0.505 e. The first kappa shape index (κ1) is 10.1. The number of halogens is 2. The molecular weight excluding hydrogens is 235 g/mol. The van der Waals surface area contributed by atoms with E-state index in [1.807, 2.05) is 0 Å². The molecule has 3 heteroatoms. The van der Waals surface area contributed by atoms with Gasteiger partial charge in [-0.05, 0) is 19.1 Å². The van der Waals surface area contributed by atoms with Crippen molar-refractivity contribution in [2.24, 2.45) is 0 Å². The van der Waals surface area contributed by atoms with E-state index in [0.717, 1.165) is 0 Å². The molecule has 0 aliphatic rings. The largest absolute Gasteiger partial charge is 0.505 e. The van der Waals surface area contributed by atoms with Gasteiger partial charge in [0.15, 0.2) is 11.6 Å². The Morgan fingerprint density at radius 2 is 2.23 bits per heavy atom. The zero-order chi connectivity index (χ0) is 10.0. The van der Waals surface area contributed by atoms with Crippen LogP contribution < -0.4 is 0 Å². The molecule has 0 spiro atoms. The fourth-order valence-corrected chi connectivity index (χ4v) is 1.45. The fraction of sp³-hybridized carbons (Fsp3) is 0.200. The Bertz CT molecular complexity index is 368. The van der Waals surface area contributed by atoms with E-state index in [9.17, 15) is 9.50 Å². The third kappa shape index (κ3) is 2.02. The Morgan fingerprint density at radius 1 is 1.62 bits per heavy atom. The second-order valence-corrected chi connectivity index (χ2v) is 3.63. The third-order valence-corrected chi connectivity index (χ3v) is 2.23. The first-order valence-corrected chi connectivity index (χ1v) is 4.49. The number of benzene rings is 1. The van der Waals surface area contributed by atoms with Gasteiger partial charge >= 0.3 is 0 Å². The quantitative estimate of drug-likeness (QED) is 0.751. The lowest BCUT2D eigenvalue weighted by atomic mass is 10.0. The Balaban J connectivity index is 3.30. The first-order chi connectivity index (χ1) is 6.06. The number of hydrogen-bond donors (Lipinski definition) is 1. The van der Waals surface area contributed by atoms with Gasteiger partial charge < -0.3 is 5.11 Å². The van der Waals surface area contributed by atoms with Gasteiger partial charge in [-0.25, -0.2) is 4.39 Å². The van der Waals surface area contributed by atoms with E-state index in [-0.39, 0.29) is 11.7 Å². The molecule has 1 aromatic rings. The van der Waals surface area contributed by atoms with Gasteiger partial charge in [0.1, 0.15) is 0 Å². The first-order valence-electron chi connectivity index (χ1n) is 3.70. The molecule has 1 atom stereocenters. The Hall–Kier alpha value is -1.01. The van der Waals surface area contributed by atoms with Crippen LogP contribution in [0, 0.1) is 18.2 Å². The van der Waals surface area contributed by atoms with Crippen molar-refractivity contribution in [3.8, 4) is 18.1 Å². The molecule has 13 heavy (non-hydrogen) atoms. The van der Waals surface area contributed by atoms with Crippen LogP contribution in [0.3, 0.4) is 0 Å². The van der Waals surface area contributed by atoms with Crippen LogP contribution in [0.15, 0.2) is 16.6 Å². The van der Waals surface area contributed by atoms with Gasteiger partial charge in [0.25, 0.3) is 0 Å². The molecule has 0 aromatic heterocycles. The summed E-state index contributed by atoms with van der Waals surface area (Å²) in [6.07, 6.45) is 5.17. The van der Waals surface area contributed by atoms with Gasteiger partial charge in [-0.2, -0.15) is 0 Å². The minimum atomic E-state index is -0.661. The number of terminal acetylenes is 1. The van der Waals surface area contributed by atoms with E-state index >= 15 is 0 Å². The molecule has 0 saturated heterocycles. The summed E-state index contributed by atoms with van der Waals surface area (Å²) >= 11 is 3.12. The average molecular weight is 243 g/mol. The molecule has 0 aliphatic heterocycles. The predicted octanol–water partition coefficient (Wildman–Crippen LogP) is 3.03. The molecule has 0 aliphatic carbocycles. The van der Waals surface area contributed by atoms with Gasteiger partial charge in [-0.15, -0.1) is 6.42 Å². The van der Waals surface area contributed by atoms with Crippen molar-refractivity contribution in [3.05, 3.63) is 28.0 Å². The van der Waals surface area contributed by atoms with Crippen molar-refractivity contribution in [1.29, 1.82) is 0 Å². The zero-order valence-corrected chi connectivity index (χ0v) is 8.60. The maximum Gasteiger partial charge on any atom is 0.166 e. The summed E-state index contributed by atoms with van der Waals surface area (Å²) in [6, 6.07) is 2.81. The molecule has 0 fully saturated rings. The highest BCUT2D eigenvalue weighted by Crippen LogP contribution is 2.31. The summed E-state index contributed by atoms with van der Waals surface area (Å²) in [4.78, 5) is 0. The van der Waals surface area contributed by atoms with Crippen LogP contribution in [0.2, 0.25) is 0 Å². The van der Waals surface area contributed by atoms with Gasteiger partial charge in [0.05, 0.1) is 0 Å². The van der Waals surface area contributed by atoms with Crippen LogP contribution in [-0.4, -0.2) is 5.11 Å². The summed E-state index contributed by atoms with van der Waals surface area (Å²) in [7, 11) is 0. The van der Waals surface area contributed by atoms with Crippen LogP contribution in [0.1, 0.15) is 18.4 Å². The molecule has 0 saturated carbocycles. The summed E-state index contributed by atoms with van der Waals surface area (Å²) in [5.41, 5.74) is 0.425. The second-order valence-electron chi connectivity index (χ2n) is 2.71. The monoisotopic (exact) mass is 242 g/mol. The predicted molar refractivity (Wildman–Crippen MR) is 53.0 cm³/mol. The van der Waals surface area contributed by atoms with Crippen LogP contribution in [0.5, 0.6) is 5.75 Å². The van der Waals surface area contributed by atoms with E-state index in [4.69, 9.17) is 6.42 Å². The maximum absolute atomic E-state index is 13.0. The molecule has 1 rings (SSSR count). The van der Waals surface area contributed by atoms with Crippen LogP contribution in [0.25, 0.3) is 0 Å². The van der Waals surface area contributed by atoms with Crippen molar-refractivity contribution < 1.29 is 9.50 Å². The summed E-state index contributed by atoms with van der Waals surface area (Å²) in [6.45, 7) is 1.72. The molecular formula is C10H8BrFO. The normalized spacial score (nSPS) is 12.2. The molecule has 0 radical (unpaired) electrons. The fourth-order valence-electron chi connectivity index (χ4n) is 1.01. The second kappa shape index (κ2) is 3.80. The van der Waals surface area contributed by atoms with Crippen molar-refractivity contribution in [3.63, 3.8) is 0 Å². The Kier molecular flexibility index (Phi) is 2.94. The lowest BCUT2D eigenvalue weighted by Gasteiger charge is -2.08. The van der Waals surface area contributed by atoms with Gasteiger partial charge in [-0.1, -0.05) is 21.9 Å². The van der Waals surface area contributed by atoms with Crippen LogP contribution in [0.4, 0.5) is 4.39 Å². The molecule has 0 bridgehead atoms. The highest BCUT2D eigenvalue weighted by atomic mass is 79.9. The summed E-state index contributed by atoms with van der Waals surface area (Å²) in [5.74, 6) is 1.10. The summed E-state index contributed by atoms with van der Waals surface area (Å²) < 4.78 is 13.6. The van der Waals surface area contributed by atoms with Crippen molar-refractivity contribution in [1.82, 2.24) is 0 Å². The van der Waals surface area contributed by atoms with Crippen molar-refractivity contribution >= 4 is 15.9 Å². The van der Waals surface area contributed by atoms with E-state index in [0.29, 0.717) is 10.0 Å². The van der Waals surface area contributed by atoms with Gasteiger partial charge in [0, 0.05) is 16.0 Å². The molecule has 0 heterocycles. The summed E-state index contributed by atoms with van der Waals surface area (Å²) in [5, 5.41) is 9.33. The SMILES string of the molecule is C#CC(C)c1cc(Br)cc(F)c1O. The lowest BCUT2D eigenvalue weighted by Crippen LogP contribution is -1.92. The van der Waals surface area contributed by atoms with Crippen molar-refractivity contribution in [2.45, 2.75) is 12.8 Å². The zero-order valence-electron chi connectivity index (χ0n) is 7.01. The van der Waals surface area contributed by atoms with E-state index in [2.05, 4.69) is 21.9 Å². The maximum atomic E-state index is 13.0. The molecule has 1 N–H and O–H groups in total. The van der Waals surface area contributed by atoms with E-state index in [1.165, 1.54) is 6.07 Å². The molecule has 68 valence electrons. The Labute approximate surface area is 84.7 Å².